The average Bonchev–Trinajstić information content (AvgIpc) is 2.79. The van der Waals surface area contributed by atoms with Crippen LogP contribution in [0.1, 0.15) is 31.1 Å². The van der Waals surface area contributed by atoms with Gasteiger partial charge < -0.3 is 24.3 Å². The van der Waals surface area contributed by atoms with Crippen molar-refractivity contribution in [3.8, 4) is 28.7 Å². The van der Waals surface area contributed by atoms with E-state index in [4.69, 9.17) is 30.5 Å². The first kappa shape index (κ1) is 23.3. The van der Waals surface area contributed by atoms with Crippen molar-refractivity contribution >= 4 is 23.2 Å². The zero-order chi connectivity index (χ0) is 22.9. The van der Waals surface area contributed by atoms with E-state index in [9.17, 15) is 4.79 Å². The molecule has 0 aliphatic carbocycles. The van der Waals surface area contributed by atoms with Crippen LogP contribution in [0.25, 0.3) is 0 Å². The number of benzene rings is 3. The van der Waals surface area contributed by atoms with E-state index >= 15 is 0 Å². The molecule has 0 atom stereocenters. The van der Waals surface area contributed by atoms with Crippen molar-refractivity contribution in [2.24, 2.45) is 0 Å². The first-order chi connectivity index (χ1) is 15.5. The van der Waals surface area contributed by atoms with Gasteiger partial charge in [0.05, 0.1) is 19.8 Å². The van der Waals surface area contributed by atoms with Gasteiger partial charge in [-0.15, -0.1) is 0 Å². The Balaban J connectivity index is 1.76. The summed E-state index contributed by atoms with van der Waals surface area (Å²) in [6.45, 7) is 6.95. The van der Waals surface area contributed by atoms with Gasteiger partial charge in [-0.1, -0.05) is 11.6 Å². The molecule has 3 aromatic rings. The maximum atomic E-state index is 12.9. The number of nitrogens with one attached hydrogen (secondary N) is 1. The molecule has 0 unspecified atom stereocenters. The number of anilines is 1. The fourth-order valence-corrected chi connectivity index (χ4v) is 3.09. The molecular weight excluding hydrogens is 430 g/mol. The predicted octanol–water partition coefficient (Wildman–Crippen LogP) is 6.58. The quantitative estimate of drug-likeness (QED) is 0.374. The molecule has 6 nitrogen and oxygen atoms in total. The van der Waals surface area contributed by atoms with E-state index < -0.39 is 0 Å². The topological polar surface area (TPSA) is 66.0 Å². The van der Waals surface area contributed by atoms with Gasteiger partial charge >= 0.3 is 0 Å². The number of carbonyl (C=O) groups excluding carboxylic acids is 1. The lowest BCUT2D eigenvalue weighted by Gasteiger charge is -2.17. The van der Waals surface area contributed by atoms with Crippen LogP contribution >= 0.6 is 11.6 Å². The maximum Gasteiger partial charge on any atom is 0.255 e. The van der Waals surface area contributed by atoms with Crippen LogP contribution in [0.5, 0.6) is 28.7 Å². The van der Waals surface area contributed by atoms with Gasteiger partial charge in [-0.3, -0.25) is 4.79 Å². The van der Waals surface area contributed by atoms with Crippen LogP contribution in [-0.4, -0.2) is 25.7 Å². The van der Waals surface area contributed by atoms with Crippen molar-refractivity contribution in [3.05, 3.63) is 71.2 Å². The molecule has 0 saturated carbocycles. The van der Waals surface area contributed by atoms with Crippen LogP contribution in [-0.2, 0) is 0 Å². The van der Waals surface area contributed by atoms with Gasteiger partial charge in [-0.2, -0.15) is 0 Å². The molecule has 3 rings (SSSR count). The second-order valence-corrected chi connectivity index (χ2v) is 7.07. The predicted molar refractivity (Wildman–Crippen MR) is 126 cm³/mol. The smallest absolute Gasteiger partial charge is 0.255 e. The summed E-state index contributed by atoms with van der Waals surface area (Å²) in [5, 5.41) is 3.53. The Morgan fingerprint density at radius 1 is 0.781 bits per heavy atom. The van der Waals surface area contributed by atoms with Crippen molar-refractivity contribution in [2.45, 2.75) is 20.8 Å². The second-order valence-electron chi connectivity index (χ2n) is 6.64. The summed E-state index contributed by atoms with van der Waals surface area (Å²) in [6.07, 6.45) is 0. The summed E-state index contributed by atoms with van der Waals surface area (Å²) in [7, 11) is 0. The normalized spacial score (nSPS) is 10.4. The van der Waals surface area contributed by atoms with Crippen molar-refractivity contribution in [3.63, 3.8) is 0 Å². The Hall–Kier alpha value is -3.38. The third-order valence-electron chi connectivity index (χ3n) is 4.33. The second kappa shape index (κ2) is 11.3. The van der Waals surface area contributed by atoms with Crippen LogP contribution in [0.15, 0.2) is 60.7 Å². The lowest BCUT2D eigenvalue weighted by molar-refractivity contribution is 0.102. The summed E-state index contributed by atoms with van der Waals surface area (Å²) in [4.78, 5) is 12.9. The van der Waals surface area contributed by atoms with Gasteiger partial charge in [0.15, 0.2) is 11.5 Å². The summed E-state index contributed by atoms with van der Waals surface area (Å²) in [6, 6.07) is 17.5. The highest BCUT2D eigenvalue weighted by Gasteiger charge is 2.18. The largest absolute Gasteiger partial charge is 0.490 e. The molecule has 0 aliphatic rings. The highest BCUT2D eigenvalue weighted by atomic mass is 35.5. The molecule has 1 amide bonds. The molecule has 0 saturated heterocycles. The molecule has 3 aromatic carbocycles. The summed E-state index contributed by atoms with van der Waals surface area (Å²) < 4.78 is 22.8. The van der Waals surface area contributed by atoms with Crippen molar-refractivity contribution in [1.82, 2.24) is 0 Å². The molecule has 0 fully saturated rings. The molecule has 0 radical (unpaired) electrons. The number of amides is 1. The lowest BCUT2D eigenvalue weighted by atomic mass is 10.1. The Morgan fingerprint density at radius 3 is 1.78 bits per heavy atom. The molecule has 168 valence electrons. The molecule has 7 heteroatoms. The number of carbonyl (C=O) groups is 1. The van der Waals surface area contributed by atoms with Crippen LogP contribution in [0, 0.1) is 0 Å². The standard InChI is InChI=1S/C25H26ClNO5/c1-4-29-22-15-17(16-23(30-5-2)24(22)31-6-3)25(28)27-19-9-13-21(14-10-19)32-20-11-7-18(26)8-12-20/h7-16H,4-6H2,1-3H3,(H,27,28). The Morgan fingerprint density at radius 2 is 1.28 bits per heavy atom. The minimum Gasteiger partial charge on any atom is -0.490 e. The highest BCUT2D eigenvalue weighted by molar-refractivity contribution is 6.30. The lowest BCUT2D eigenvalue weighted by Crippen LogP contribution is -2.13. The molecular formula is C25H26ClNO5. The fraction of sp³-hybridized carbons (Fsp3) is 0.240. The van der Waals surface area contributed by atoms with Crippen LogP contribution < -0.4 is 24.3 Å². The zero-order valence-corrected chi connectivity index (χ0v) is 19.1. The molecule has 1 N–H and O–H groups in total. The monoisotopic (exact) mass is 455 g/mol. The van der Waals surface area contributed by atoms with E-state index in [1.54, 1.807) is 60.7 Å². The Kier molecular flexibility index (Phi) is 8.22. The third kappa shape index (κ3) is 6.08. The van der Waals surface area contributed by atoms with Crippen LogP contribution in [0.4, 0.5) is 5.69 Å². The van der Waals surface area contributed by atoms with Gasteiger partial charge in [0.1, 0.15) is 11.5 Å². The molecule has 0 aliphatic heterocycles. The third-order valence-corrected chi connectivity index (χ3v) is 4.58. The molecule has 32 heavy (non-hydrogen) atoms. The van der Waals surface area contributed by atoms with E-state index in [0.29, 0.717) is 64.8 Å². The summed E-state index contributed by atoms with van der Waals surface area (Å²) >= 11 is 5.89. The minimum absolute atomic E-state index is 0.290. The minimum atomic E-state index is -0.290. The fourth-order valence-electron chi connectivity index (χ4n) is 2.97. The van der Waals surface area contributed by atoms with Crippen LogP contribution in [0.3, 0.4) is 0 Å². The summed E-state index contributed by atoms with van der Waals surface area (Å²) in [5.41, 5.74) is 1.03. The zero-order valence-electron chi connectivity index (χ0n) is 18.3. The van der Waals surface area contributed by atoms with Crippen LogP contribution in [0.2, 0.25) is 5.02 Å². The number of hydrogen-bond acceptors (Lipinski definition) is 5. The summed E-state index contributed by atoms with van der Waals surface area (Å²) in [5.74, 6) is 2.46. The van der Waals surface area contributed by atoms with Gasteiger partial charge in [-0.25, -0.2) is 0 Å². The van der Waals surface area contributed by atoms with Gasteiger partial charge in [0.2, 0.25) is 5.75 Å². The molecule has 0 spiro atoms. The van der Waals surface area contributed by atoms with E-state index in [2.05, 4.69) is 5.32 Å². The van der Waals surface area contributed by atoms with Gasteiger partial charge in [-0.05, 0) is 81.4 Å². The maximum absolute atomic E-state index is 12.9. The van der Waals surface area contributed by atoms with E-state index in [-0.39, 0.29) is 5.91 Å². The van der Waals surface area contributed by atoms with E-state index in [1.165, 1.54) is 0 Å². The number of ether oxygens (including phenoxy) is 4. The Labute approximate surface area is 193 Å². The number of hydrogen-bond donors (Lipinski definition) is 1. The first-order valence-electron chi connectivity index (χ1n) is 10.4. The van der Waals surface area contributed by atoms with Crippen molar-refractivity contribution in [2.75, 3.05) is 25.1 Å². The average molecular weight is 456 g/mol. The van der Waals surface area contributed by atoms with Crippen molar-refractivity contribution < 1.29 is 23.7 Å². The molecule has 0 aromatic heterocycles. The first-order valence-corrected chi connectivity index (χ1v) is 10.8. The SMILES string of the molecule is CCOc1cc(C(=O)Nc2ccc(Oc3ccc(Cl)cc3)cc2)cc(OCC)c1OCC. The van der Waals surface area contributed by atoms with Gasteiger partial charge in [0.25, 0.3) is 5.91 Å². The molecule has 0 bridgehead atoms. The highest BCUT2D eigenvalue weighted by Crippen LogP contribution is 2.39. The molecule has 0 heterocycles. The Bertz CT molecular complexity index is 1010. The number of rotatable bonds is 10. The van der Waals surface area contributed by atoms with E-state index in [1.807, 2.05) is 20.8 Å². The number of halogens is 1. The van der Waals surface area contributed by atoms with E-state index in [0.717, 1.165) is 0 Å². The van der Waals surface area contributed by atoms with Gasteiger partial charge in [0, 0.05) is 16.3 Å². The van der Waals surface area contributed by atoms with Crippen molar-refractivity contribution in [1.29, 1.82) is 0 Å².